The SMILES string of the molecule is COC(=O)C[C@H]1c2[nH]c3ccccc3c2C[C@@H](C(=O)OC(C)(C)C)N1C(=O)NCc1ccccc1. The van der Waals surface area contributed by atoms with E-state index in [-0.39, 0.29) is 19.4 Å². The smallest absolute Gasteiger partial charge is 0.329 e. The van der Waals surface area contributed by atoms with Gasteiger partial charge in [-0.3, -0.25) is 4.79 Å². The van der Waals surface area contributed by atoms with Crippen LogP contribution in [-0.4, -0.2) is 46.6 Å². The minimum Gasteiger partial charge on any atom is -0.469 e. The lowest BCUT2D eigenvalue weighted by atomic mass is 9.90. The van der Waals surface area contributed by atoms with Gasteiger partial charge in [0.2, 0.25) is 0 Å². The Morgan fingerprint density at radius 1 is 1.06 bits per heavy atom. The summed E-state index contributed by atoms with van der Waals surface area (Å²) >= 11 is 0. The van der Waals surface area contributed by atoms with Crippen molar-refractivity contribution in [2.75, 3.05) is 7.11 Å². The Kier molecular flexibility index (Phi) is 6.82. The van der Waals surface area contributed by atoms with Crippen LogP contribution < -0.4 is 5.32 Å². The molecule has 2 atom stereocenters. The van der Waals surface area contributed by atoms with E-state index < -0.39 is 35.7 Å². The maximum absolute atomic E-state index is 13.6. The van der Waals surface area contributed by atoms with Gasteiger partial charge in [0.1, 0.15) is 11.6 Å². The number of methoxy groups -OCH3 is 1. The predicted molar refractivity (Wildman–Crippen MR) is 132 cm³/mol. The number of amides is 2. The zero-order valence-corrected chi connectivity index (χ0v) is 20.5. The summed E-state index contributed by atoms with van der Waals surface area (Å²) in [5, 5.41) is 3.87. The number of carbonyl (C=O) groups excluding carboxylic acids is 3. The fourth-order valence-electron chi connectivity index (χ4n) is 4.53. The third kappa shape index (κ3) is 5.31. The average Bonchev–Trinajstić information content (AvgIpc) is 3.20. The number of para-hydroxylation sites is 1. The number of benzene rings is 2. The molecule has 1 aliphatic rings. The predicted octanol–water partition coefficient (Wildman–Crippen LogP) is 4.25. The number of hydrogen-bond donors (Lipinski definition) is 2. The van der Waals surface area contributed by atoms with E-state index in [2.05, 4.69) is 10.3 Å². The van der Waals surface area contributed by atoms with Gasteiger partial charge in [-0.2, -0.15) is 0 Å². The van der Waals surface area contributed by atoms with E-state index >= 15 is 0 Å². The third-order valence-electron chi connectivity index (χ3n) is 6.04. The van der Waals surface area contributed by atoms with E-state index in [4.69, 9.17) is 9.47 Å². The standard InChI is InChI=1S/C27H31N3O5/c1-27(2,3)35-25(32)22-14-19-18-12-8-9-13-20(18)29-24(19)21(15-23(31)34-4)30(22)26(33)28-16-17-10-6-5-7-11-17/h5-13,21-22,29H,14-16H2,1-4H3,(H,28,33)/t21-,22-/m0/s1. The molecule has 0 aliphatic carbocycles. The fourth-order valence-corrected chi connectivity index (χ4v) is 4.53. The number of ether oxygens (including phenoxy) is 2. The molecule has 35 heavy (non-hydrogen) atoms. The van der Waals surface area contributed by atoms with Gasteiger partial charge in [-0.1, -0.05) is 48.5 Å². The molecule has 1 aromatic heterocycles. The number of fused-ring (bicyclic) bond motifs is 3. The summed E-state index contributed by atoms with van der Waals surface area (Å²) in [6, 6.07) is 15.1. The quantitative estimate of drug-likeness (QED) is 0.535. The normalized spacial score (nSPS) is 17.5. The van der Waals surface area contributed by atoms with Crippen LogP contribution in [0, 0.1) is 0 Å². The van der Waals surface area contributed by atoms with Crippen molar-refractivity contribution >= 4 is 28.9 Å². The molecule has 4 rings (SSSR count). The van der Waals surface area contributed by atoms with Gasteiger partial charge in [0, 0.05) is 29.6 Å². The molecular weight excluding hydrogens is 446 g/mol. The van der Waals surface area contributed by atoms with Crippen molar-refractivity contribution in [3.05, 3.63) is 71.4 Å². The summed E-state index contributed by atoms with van der Waals surface area (Å²) in [4.78, 5) is 44.3. The van der Waals surface area contributed by atoms with Crippen molar-refractivity contribution in [1.29, 1.82) is 0 Å². The zero-order chi connectivity index (χ0) is 25.2. The van der Waals surface area contributed by atoms with Crippen LogP contribution >= 0.6 is 0 Å². The Bertz CT molecular complexity index is 1230. The molecule has 8 heteroatoms. The number of carbonyl (C=O) groups is 3. The van der Waals surface area contributed by atoms with Crippen LogP contribution in [0.25, 0.3) is 10.9 Å². The molecule has 0 bridgehead atoms. The average molecular weight is 478 g/mol. The molecule has 0 saturated carbocycles. The lowest BCUT2D eigenvalue weighted by molar-refractivity contribution is -0.162. The van der Waals surface area contributed by atoms with Gasteiger partial charge in [0.05, 0.1) is 19.6 Å². The van der Waals surface area contributed by atoms with Crippen molar-refractivity contribution in [3.63, 3.8) is 0 Å². The van der Waals surface area contributed by atoms with Gasteiger partial charge in [0.15, 0.2) is 0 Å². The van der Waals surface area contributed by atoms with Crippen LogP contribution in [0.2, 0.25) is 0 Å². The molecule has 0 unspecified atom stereocenters. The molecule has 0 fully saturated rings. The van der Waals surface area contributed by atoms with Crippen molar-refractivity contribution in [3.8, 4) is 0 Å². The minimum atomic E-state index is -0.911. The van der Waals surface area contributed by atoms with Crippen LogP contribution in [0.15, 0.2) is 54.6 Å². The fraction of sp³-hybridized carbons (Fsp3) is 0.370. The first-order chi connectivity index (χ1) is 16.7. The number of rotatable bonds is 5. The Morgan fingerprint density at radius 3 is 2.43 bits per heavy atom. The highest BCUT2D eigenvalue weighted by atomic mass is 16.6. The molecule has 0 spiro atoms. The lowest BCUT2D eigenvalue weighted by Crippen LogP contribution is -2.56. The van der Waals surface area contributed by atoms with Crippen molar-refractivity contribution in [2.24, 2.45) is 0 Å². The molecule has 0 saturated heterocycles. The van der Waals surface area contributed by atoms with Gasteiger partial charge in [-0.25, -0.2) is 9.59 Å². The zero-order valence-electron chi connectivity index (χ0n) is 20.5. The number of H-pyrrole nitrogens is 1. The Hall–Kier alpha value is -3.81. The molecule has 184 valence electrons. The molecule has 2 N–H and O–H groups in total. The van der Waals surface area contributed by atoms with E-state index in [1.807, 2.05) is 54.6 Å². The number of nitrogens with one attached hydrogen (secondary N) is 2. The molecule has 2 amide bonds. The minimum absolute atomic E-state index is 0.103. The number of aromatic amines is 1. The summed E-state index contributed by atoms with van der Waals surface area (Å²) in [5.41, 5.74) is 2.69. The highest BCUT2D eigenvalue weighted by molar-refractivity contribution is 5.90. The number of hydrogen-bond acceptors (Lipinski definition) is 5. The number of urea groups is 1. The number of aromatic nitrogens is 1. The summed E-state index contributed by atoms with van der Waals surface area (Å²) in [6.07, 6.45) is 0.166. The lowest BCUT2D eigenvalue weighted by Gasteiger charge is -2.41. The Morgan fingerprint density at radius 2 is 1.74 bits per heavy atom. The van der Waals surface area contributed by atoms with E-state index in [9.17, 15) is 14.4 Å². The van der Waals surface area contributed by atoms with Crippen LogP contribution in [0.5, 0.6) is 0 Å². The summed E-state index contributed by atoms with van der Waals surface area (Å²) in [7, 11) is 1.31. The molecule has 8 nitrogen and oxygen atoms in total. The first kappa shape index (κ1) is 24.3. The van der Waals surface area contributed by atoms with Crippen molar-refractivity contribution < 1.29 is 23.9 Å². The maximum atomic E-state index is 13.6. The van der Waals surface area contributed by atoms with Gasteiger partial charge >= 0.3 is 18.0 Å². The Balaban J connectivity index is 1.76. The molecule has 0 radical (unpaired) electrons. The molecule has 3 aromatic rings. The van der Waals surface area contributed by atoms with Crippen LogP contribution in [0.3, 0.4) is 0 Å². The van der Waals surface area contributed by atoms with E-state index in [1.165, 1.54) is 12.0 Å². The van der Waals surface area contributed by atoms with Crippen molar-refractivity contribution in [2.45, 2.75) is 57.8 Å². The highest BCUT2D eigenvalue weighted by Gasteiger charge is 2.45. The topological polar surface area (TPSA) is 101 Å². The van der Waals surface area contributed by atoms with Gasteiger partial charge in [0.25, 0.3) is 0 Å². The second kappa shape index (κ2) is 9.82. The molecule has 2 heterocycles. The highest BCUT2D eigenvalue weighted by Crippen LogP contribution is 2.40. The third-order valence-corrected chi connectivity index (χ3v) is 6.04. The first-order valence-corrected chi connectivity index (χ1v) is 11.7. The van der Waals surface area contributed by atoms with Crippen LogP contribution in [0.4, 0.5) is 4.79 Å². The second-order valence-corrected chi connectivity index (χ2v) is 9.66. The van der Waals surface area contributed by atoms with Gasteiger partial charge in [-0.15, -0.1) is 0 Å². The van der Waals surface area contributed by atoms with E-state index in [0.717, 1.165) is 27.7 Å². The maximum Gasteiger partial charge on any atom is 0.329 e. The summed E-state index contributed by atoms with van der Waals surface area (Å²) in [5.74, 6) is -0.997. The Labute approximate surface area is 204 Å². The molecular formula is C27H31N3O5. The van der Waals surface area contributed by atoms with Crippen molar-refractivity contribution in [1.82, 2.24) is 15.2 Å². The monoisotopic (exact) mass is 477 g/mol. The summed E-state index contributed by atoms with van der Waals surface area (Å²) < 4.78 is 10.7. The van der Waals surface area contributed by atoms with Gasteiger partial charge in [-0.05, 0) is 38.0 Å². The van der Waals surface area contributed by atoms with E-state index in [1.54, 1.807) is 20.8 Å². The van der Waals surface area contributed by atoms with E-state index in [0.29, 0.717) is 0 Å². The molecule has 2 aromatic carbocycles. The summed E-state index contributed by atoms with van der Waals surface area (Å²) in [6.45, 7) is 5.64. The first-order valence-electron chi connectivity index (χ1n) is 11.7. The second-order valence-electron chi connectivity index (χ2n) is 9.66. The largest absolute Gasteiger partial charge is 0.469 e. The van der Waals surface area contributed by atoms with Crippen LogP contribution in [0.1, 0.15) is 50.1 Å². The number of esters is 2. The molecule has 1 aliphatic heterocycles. The van der Waals surface area contributed by atoms with Crippen LogP contribution in [-0.2, 0) is 32.0 Å². The van der Waals surface area contributed by atoms with Gasteiger partial charge < -0.3 is 24.7 Å². The number of nitrogens with zero attached hydrogens (tertiary/aromatic N) is 1.